The SMILES string of the molecule is Cc1cccc(C(=O)Nc2c(C)cc(C)cc2Cl)c1. The summed E-state index contributed by atoms with van der Waals surface area (Å²) in [4.78, 5) is 12.2. The van der Waals surface area contributed by atoms with Crippen LogP contribution in [0.5, 0.6) is 0 Å². The first-order valence-electron chi connectivity index (χ1n) is 6.12. The molecule has 2 aromatic rings. The summed E-state index contributed by atoms with van der Waals surface area (Å²) in [5.41, 5.74) is 4.41. The molecule has 0 aromatic heterocycles. The van der Waals surface area contributed by atoms with Gasteiger partial charge in [0.15, 0.2) is 0 Å². The number of amides is 1. The van der Waals surface area contributed by atoms with Crippen molar-refractivity contribution in [2.45, 2.75) is 20.8 Å². The fourth-order valence-corrected chi connectivity index (χ4v) is 2.41. The van der Waals surface area contributed by atoms with Gasteiger partial charge >= 0.3 is 0 Å². The summed E-state index contributed by atoms with van der Waals surface area (Å²) in [5.74, 6) is -0.141. The molecule has 0 aliphatic rings. The first-order chi connectivity index (χ1) is 8.97. The van der Waals surface area contributed by atoms with Gasteiger partial charge in [-0.05, 0) is 50.1 Å². The average molecular weight is 274 g/mol. The normalized spacial score (nSPS) is 10.3. The summed E-state index contributed by atoms with van der Waals surface area (Å²) in [6, 6.07) is 11.3. The number of nitrogens with one attached hydrogen (secondary N) is 1. The molecule has 1 amide bonds. The highest BCUT2D eigenvalue weighted by atomic mass is 35.5. The second-order valence-electron chi connectivity index (χ2n) is 4.76. The quantitative estimate of drug-likeness (QED) is 0.856. The van der Waals surface area contributed by atoms with Crippen LogP contribution in [0.4, 0.5) is 5.69 Å². The summed E-state index contributed by atoms with van der Waals surface area (Å²) in [5, 5.41) is 3.45. The Labute approximate surface area is 118 Å². The molecule has 0 aliphatic carbocycles. The number of anilines is 1. The molecule has 0 saturated carbocycles. The zero-order chi connectivity index (χ0) is 14.0. The highest BCUT2D eigenvalue weighted by molar-refractivity contribution is 6.34. The molecule has 1 N–H and O–H groups in total. The number of hydrogen-bond donors (Lipinski definition) is 1. The lowest BCUT2D eigenvalue weighted by atomic mass is 10.1. The van der Waals surface area contributed by atoms with Crippen LogP contribution in [0.2, 0.25) is 5.02 Å². The average Bonchev–Trinajstić information content (AvgIpc) is 2.33. The minimum absolute atomic E-state index is 0.141. The zero-order valence-corrected chi connectivity index (χ0v) is 12.0. The van der Waals surface area contributed by atoms with E-state index in [4.69, 9.17) is 11.6 Å². The van der Waals surface area contributed by atoms with Gasteiger partial charge < -0.3 is 5.32 Å². The van der Waals surface area contributed by atoms with Crippen molar-refractivity contribution in [3.8, 4) is 0 Å². The van der Waals surface area contributed by atoms with Crippen LogP contribution in [0.3, 0.4) is 0 Å². The monoisotopic (exact) mass is 273 g/mol. The van der Waals surface area contributed by atoms with E-state index in [0.717, 1.165) is 16.7 Å². The molecule has 0 bridgehead atoms. The van der Waals surface area contributed by atoms with Crippen LogP contribution < -0.4 is 5.32 Å². The second kappa shape index (κ2) is 5.45. The molecule has 0 radical (unpaired) electrons. The van der Waals surface area contributed by atoms with Gasteiger partial charge in [-0.2, -0.15) is 0 Å². The van der Waals surface area contributed by atoms with Gasteiger partial charge in [-0.1, -0.05) is 35.4 Å². The number of carbonyl (C=O) groups excluding carboxylic acids is 1. The predicted molar refractivity (Wildman–Crippen MR) is 80.1 cm³/mol. The van der Waals surface area contributed by atoms with E-state index < -0.39 is 0 Å². The molecule has 0 saturated heterocycles. The standard InChI is InChI=1S/C16H16ClNO/c1-10-5-4-6-13(8-10)16(19)18-15-12(3)7-11(2)9-14(15)17/h4-9H,1-3H3,(H,18,19). The van der Waals surface area contributed by atoms with E-state index in [1.54, 1.807) is 6.07 Å². The number of aryl methyl sites for hydroxylation is 3. The molecular formula is C16H16ClNO. The van der Waals surface area contributed by atoms with Crippen molar-refractivity contribution < 1.29 is 4.79 Å². The van der Waals surface area contributed by atoms with Crippen molar-refractivity contribution in [2.75, 3.05) is 5.32 Å². The summed E-state index contributed by atoms with van der Waals surface area (Å²) < 4.78 is 0. The molecule has 2 aromatic carbocycles. The molecule has 2 rings (SSSR count). The first-order valence-corrected chi connectivity index (χ1v) is 6.50. The van der Waals surface area contributed by atoms with Gasteiger partial charge in [0, 0.05) is 5.56 Å². The maximum atomic E-state index is 12.2. The van der Waals surface area contributed by atoms with E-state index in [9.17, 15) is 4.79 Å². The van der Waals surface area contributed by atoms with Crippen molar-refractivity contribution >= 4 is 23.2 Å². The Hall–Kier alpha value is -1.80. The van der Waals surface area contributed by atoms with Crippen molar-refractivity contribution in [1.82, 2.24) is 0 Å². The first kappa shape index (κ1) is 13.6. The minimum Gasteiger partial charge on any atom is -0.320 e. The Morgan fingerprint density at radius 2 is 1.79 bits per heavy atom. The topological polar surface area (TPSA) is 29.1 Å². The highest BCUT2D eigenvalue weighted by Crippen LogP contribution is 2.27. The summed E-state index contributed by atoms with van der Waals surface area (Å²) in [6.45, 7) is 5.87. The van der Waals surface area contributed by atoms with Gasteiger partial charge in [-0.3, -0.25) is 4.79 Å². The van der Waals surface area contributed by atoms with E-state index in [1.807, 2.05) is 51.1 Å². The number of carbonyl (C=O) groups is 1. The van der Waals surface area contributed by atoms with Gasteiger partial charge in [0.1, 0.15) is 0 Å². The molecule has 0 spiro atoms. The molecule has 0 heterocycles. The molecule has 0 unspecified atom stereocenters. The third-order valence-corrected chi connectivity index (χ3v) is 3.25. The van der Waals surface area contributed by atoms with Crippen molar-refractivity contribution in [2.24, 2.45) is 0 Å². The minimum atomic E-state index is -0.141. The van der Waals surface area contributed by atoms with E-state index in [2.05, 4.69) is 5.32 Å². The van der Waals surface area contributed by atoms with E-state index in [0.29, 0.717) is 16.3 Å². The van der Waals surface area contributed by atoms with E-state index in [-0.39, 0.29) is 5.91 Å². The van der Waals surface area contributed by atoms with Crippen LogP contribution in [0.1, 0.15) is 27.0 Å². The molecule has 19 heavy (non-hydrogen) atoms. The largest absolute Gasteiger partial charge is 0.320 e. The maximum Gasteiger partial charge on any atom is 0.255 e. The lowest BCUT2D eigenvalue weighted by molar-refractivity contribution is 0.102. The van der Waals surface area contributed by atoms with Gasteiger partial charge in [0.2, 0.25) is 0 Å². The van der Waals surface area contributed by atoms with Crippen LogP contribution in [-0.2, 0) is 0 Å². The van der Waals surface area contributed by atoms with Gasteiger partial charge in [0.25, 0.3) is 5.91 Å². The fraction of sp³-hybridized carbons (Fsp3) is 0.188. The third-order valence-electron chi connectivity index (χ3n) is 2.95. The fourth-order valence-electron chi connectivity index (χ4n) is 2.05. The maximum absolute atomic E-state index is 12.2. The van der Waals surface area contributed by atoms with Crippen LogP contribution in [0, 0.1) is 20.8 Å². The van der Waals surface area contributed by atoms with Gasteiger partial charge in [0.05, 0.1) is 10.7 Å². The highest BCUT2D eigenvalue weighted by Gasteiger charge is 2.11. The molecule has 2 nitrogen and oxygen atoms in total. The molecule has 3 heteroatoms. The number of halogens is 1. The zero-order valence-electron chi connectivity index (χ0n) is 11.3. The molecule has 0 atom stereocenters. The van der Waals surface area contributed by atoms with E-state index >= 15 is 0 Å². The Morgan fingerprint density at radius 1 is 1.05 bits per heavy atom. The second-order valence-corrected chi connectivity index (χ2v) is 5.17. The Balaban J connectivity index is 2.29. The van der Waals surface area contributed by atoms with Crippen molar-refractivity contribution in [3.05, 3.63) is 63.7 Å². The van der Waals surface area contributed by atoms with E-state index in [1.165, 1.54) is 0 Å². The smallest absolute Gasteiger partial charge is 0.255 e. The molecule has 0 aliphatic heterocycles. The van der Waals surface area contributed by atoms with Crippen LogP contribution in [0.25, 0.3) is 0 Å². The third kappa shape index (κ3) is 3.15. The predicted octanol–water partition coefficient (Wildman–Crippen LogP) is 4.52. The van der Waals surface area contributed by atoms with Crippen molar-refractivity contribution in [3.63, 3.8) is 0 Å². The van der Waals surface area contributed by atoms with Crippen molar-refractivity contribution in [1.29, 1.82) is 0 Å². The van der Waals surface area contributed by atoms with Crippen LogP contribution in [0.15, 0.2) is 36.4 Å². The van der Waals surface area contributed by atoms with Crippen LogP contribution in [-0.4, -0.2) is 5.91 Å². The lowest BCUT2D eigenvalue weighted by Gasteiger charge is -2.11. The molecule has 0 fully saturated rings. The Bertz CT molecular complexity index is 611. The number of hydrogen-bond acceptors (Lipinski definition) is 1. The Kier molecular flexibility index (Phi) is 3.91. The number of rotatable bonds is 2. The number of benzene rings is 2. The van der Waals surface area contributed by atoms with Gasteiger partial charge in [-0.25, -0.2) is 0 Å². The summed E-state index contributed by atoms with van der Waals surface area (Å²) >= 11 is 6.18. The lowest BCUT2D eigenvalue weighted by Crippen LogP contribution is -2.13. The van der Waals surface area contributed by atoms with Crippen LogP contribution >= 0.6 is 11.6 Å². The molecular weight excluding hydrogens is 258 g/mol. The summed E-state index contributed by atoms with van der Waals surface area (Å²) in [7, 11) is 0. The summed E-state index contributed by atoms with van der Waals surface area (Å²) in [6.07, 6.45) is 0. The molecule has 98 valence electrons. The Morgan fingerprint density at radius 3 is 2.42 bits per heavy atom. The van der Waals surface area contributed by atoms with Gasteiger partial charge in [-0.15, -0.1) is 0 Å².